The minimum Gasteiger partial charge on any atom is -0.457 e. The van der Waals surface area contributed by atoms with E-state index in [1.54, 1.807) is 72.8 Å². The van der Waals surface area contributed by atoms with E-state index in [1.165, 1.54) is 0 Å². The Hall–Kier alpha value is -6.32. The van der Waals surface area contributed by atoms with Crippen LogP contribution in [0.3, 0.4) is 0 Å². The van der Waals surface area contributed by atoms with Gasteiger partial charge in [-0.15, -0.1) is 0 Å². The van der Waals surface area contributed by atoms with Crippen LogP contribution in [-0.4, -0.2) is 23.6 Å². The molecular weight excluding hydrogens is 1050 g/mol. The molecule has 300 valence electrons. The van der Waals surface area contributed by atoms with Crippen molar-refractivity contribution in [2.45, 2.75) is 0 Å². The van der Waals surface area contributed by atoms with E-state index in [4.69, 9.17) is 18.9 Å². The molecule has 11 rings (SSSR count). The van der Waals surface area contributed by atoms with Gasteiger partial charge in [-0.3, -0.25) is 29.8 Å². The van der Waals surface area contributed by atoms with Crippen molar-refractivity contribution in [1.82, 2.24) is 10.6 Å². The average molecular weight is 1070 g/mol. The van der Waals surface area contributed by atoms with Crippen LogP contribution in [-0.2, 0) is 0 Å². The Labute approximate surface area is 383 Å². The molecule has 0 spiro atoms. The third-order valence-electron chi connectivity index (χ3n) is 10.8. The summed E-state index contributed by atoms with van der Waals surface area (Å²) < 4.78 is 30.4. The van der Waals surface area contributed by atoms with Gasteiger partial charge in [-0.25, -0.2) is 0 Å². The first-order valence-electron chi connectivity index (χ1n) is 18.8. The zero-order valence-electron chi connectivity index (χ0n) is 31.3. The van der Waals surface area contributed by atoms with Crippen LogP contribution in [0.15, 0.2) is 139 Å². The summed E-state index contributed by atoms with van der Waals surface area (Å²) >= 11 is 14.0. The Morgan fingerprint density at radius 2 is 0.500 bits per heavy atom. The van der Waals surface area contributed by atoms with Crippen molar-refractivity contribution in [1.29, 1.82) is 0 Å². The van der Waals surface area contributed by atoms with Crippen LogP contribution in [0.4, 0.5) is 0 Å². The number of amides is 4. The third-order valence-corrected chi connectivity index (χ3v) is 12.9. The molecule has 0 unspecified atom stereocenters. The van der Waals surface area contributed by atoms with Crippen LogP contribution in [0.1, 0.15) is 41.4 Å². The van der Waals surface area contributed by atoms with Gasteiger partial charge in [0.25, 0.3) is 23.6 Å². The van der Waals surface area contributed by atoms with E-state index >= 15 is 0 Å². The third kappa shape index (κ3) is 6.31. The highest BCUT2D eigenvalue weighted by Gasteiger charge is 2.37. The summed E-state index contributed by atoms with van der Waals surface area (Å²) in [5, 5.41) is 8.21. The normalized spacial score (nSPS) is 13.2. The number of hydrogen-bond donors (Lipinski definition) is 2. The Balaban J connectivity index is 1.40. The Morgan fingerprint density at radius 3 is 0.710 bits per heavy atom. The minimum absolute atomic E-state index is 0.177. The molecule has 10 nitrogen and oxygen atoms in total. The van der Waals surface area contributed by atoms with Gasteiger partial charge in [0.1, 0.15) is 46.0 Å². The predicted octanol–water partition coefficient (Wildman–Crippen LogP) is 13.7. The lowest BCUT2D eigenvalue weighted by Crippen LogP contribution is -2.35. The van der Waals surface area contributed by atoms with Crippen molar-refractivity contribution in [2.24, 2.45) is 0 Å². The van der Waals surface area contributed by atoms with E-state index in [-0.39, 0.29) is 45.3 Å². The van der Waals surface area contributed by atoms with Crippen molar-refractivity contribution in [2.75, 3.05) is 0 Å². The first-order chi connectivity index (χ1) is 30.0. The highest BCUT2D eigenvalue weighted by atomic mass is 79.9. The van der Waals surface area contributed by atoms with Crippen LogP contribution in [0.2, 0.25) is 0 Å². The second kappa shape index (κ2) is 14.7. The Bertz CT molecular complexity index is 3000. The Morgan fingerprint density at radius 1 is 0.290 bits per heavy atom. The van der Waals surface area contributed by atoms with Crippen molar-refractivity contribution in [3.8, 4) is 46.0 Å². The van der Waals surface area contributed by atoms with E-state index < -0.39 is 23.6 Å². The molecule has 9 aromatic rings. The van der Waals surface area contributed by atoms with Crippen LogP contribution in [0.25, 0.3) is 43.1 Å². The number of carbonyl (C=O) groups excluding carboxylic acids is 4. The molecular formula is C48H22Br4N2O8. The second-order valence-corrected chi connectivity index (χ2v) is 18.1. The van der Waals surface area contributed by atoms with Crippen LogP contribution in [0, 0.1) is 0 Å². The largest absolute Gasteiger partial charge is 0.457 e. The van der Waals surface area contributed by atoms with Gasteiger partial charge in [0.15, 0.2) is 0 Å². The molecule has 0 atom stereocenters. The van der Waals surface area contributed by atoms with E-state index in [0.717, 1.165) is 17.9 Å². The van der Waals surface area contributed by atoms with Gasteiger partial charge in [0.2, 0.25) is 0 Å². The van der Waals surface area contributed by atoms with Crippen LogP contribution >= 0.6 is 63.7 Å². The molecule has 9 aromatic carbocycles. The number of carbonyl (C=O) groups is 4. The zero-order chi connectivity index (χ0) is 42.6. The number of rotatable bonds is 8. The molecule has 2 heterocycles. The van der Waals surface area contributed by atoms with Gasteiger partial charge in [0, 0.05) is 61.0 Å². The lowest BCUT2D eigenvalue weighted by Gasteiger charge is -2.28. The van der Waals surface area contributed by atoms with Crippen molar-refractivity contribution >= 4 is 130 Å². The number of imide groups is 2. The molecule has 62 heavy (non-hydrogen) atoms. The first kappa shape index (κ1) is 38.6. The first-order valence-corrected chi connectivity index (χ1v) is 22.0. The molecule has 2 N–H and O–H groups in total. The maximum atomic E-state index is 14.0. The highest BCUT2D eigenvalue weighted by Crippen LogP contribution is 2.57. The van der Waals surface area contributed by atoms with Crippen molar-refractivity contribution in [3.63, 3.8) is 0 Å². The van der Waals surface area contributed by atoms with Gasteiger partial charge in [-0.1, -0.05) is 63.7 Å². The molecule has 2 aliphatic rings. The second-order valence-electron chi connectivity index (χ2n) is 14.5. The molecule has 0 radical (unpaired) electrons. The minimum atomic E-state index is -0.627. The summed E-state index contributed by atoms with van der Waals surface area (Å²) in [5.41, 5.74) is 0.708. The summed E-state index contributed by atoms with van der Waals surface area (Å²) in [7, 11) is 0. The van der Waals surface area contributed by atoms with Gasteiger partial charge in [-0.05, 0) is 121 Å². The zero-order valence-corrected chi connectivity index (χ0v) is 37.7. The average Bonchev–Trinajstić information content (AvgIpc) is 3.25. The molecule has 4 amide bonds. The lowest BCUT2D eigenvalue weighted by molar-refractivity contribution is 0.0828. The summed E-state index contributed by atoms with van der Waals surface area (Å²) in [6, 6.07) is 35.2. The van der Waals surface area contributed by atoms with E-state index in [1.807, 2.05) is 48.5 Å². The lowest BCUT2D eigenvalue weighted by atomic mass is 9.81. The molecule has 0 saturated carbocycles. The SMILES string of the molecule is O=C1NC(=O)c2cc(Oc3ccc(Br)cc3)c3c4c(Oc5ccc(Br)cc5)cc5c6c(cc(Oc7ccc(Br)cc7)c(c7c(Oc8ccc(Br)cc8)cc1c2c73)c64)C(=O)NC5=O. The number of benzene rings is 9. The van der Waals surface area contributed by atoms with Gasteiger partial charge in [0.05, 0.1) is 22.3 Å². The number of halogens is 4. The molecule has 0 bridgehead atoms. The van der Waals surface area contributed by atoms with Gasteiger partial charge >= 0.3 is 0 Å². The quantitative estimate of drug-likeness (QED) is 0.0874. The summed E-state index contributed by atoms with van der Waals surface area (Å²) in [4.78, 5) is 56.1. The molecule has 2 aliphatic heterocycles. The number of nitrogens with one attached hydrogen (secondary N) is 2. The van der Waals surface area contributed by atoms with E-state index in [0.29, 0.717) is 66.1 Å². The van der Waals surface area contributed by atoms with Crippen LogP contribution in [0.5, 0.6) is 46.0 Å². The molecule has 14 heteroatoms. The fourth-order valence-corrected chi connectivity index (χ4v) is 9.26. The van der Waals surface area contributed by atoms with Crippen LogP contribution < -0.4 is 29.6 Å². The molecule has 0 saturated heterocycles. The highest BCUT2D eigenvalue weighted by molar-refractivity contribution is 9.11. The number of hydrogen-bond acceptors (Lipinski definition) is 8. The summed E-state index contributed by atoms with van der Waals surface area (Å²) in [5.74, 6) is 0.128. The molecule has 0 aliphatic carbocycles. The fourth-order valence-electron chi connectivity index (χ4n) is 8.20. The topological polar surface area (TPSA) is 129 Å². The fraction of sp³-hybridized carbons (Fsp3) is 0. The summed E-state index contributed by atoms with van der Waals surface area (Å²) in [6.07, 6.45) is 0. The van der Waals surface area contributed by atoms with E-state index in [2.05, 4.69) is 74.4 Å². The van der Waals surface area contributed by atoms with Crippen molar-refractivity contribution in [3.05, 3.63) is 161 Å². The molecule has 0 fully saturated rings. The van der Waals surface area contributed by atoms with E-state index in [9.17, 15) is 19.2 Å². The maximum Gasteiger partial charge on any atom is 0.258 e. The maximum absolute atomic E-state index is 14.0. The predicted molar refractivity (Wildman–Crippen MR) is 248 cm³/mol. The molecule has 0 aromatic heterocycles. The van der Waals surface area contributed by atoms with Crippen molar-refractivity contribution < 1.29 is 38.1 Å². The summed E-state index contributed by atoms with van der Waals surface area (Å²) in [6.45, 7) is 0. The standard InChI is InChI=1S/C48H22Br4N2O8/c49-21-1-9-25(10-2-21)59-33-17-29-37-30(46(56)53-45(29)55)19-35(61-27-13-5-23(51)6-14-27)41-42-36(62-28-15-7-24(52)8-16-28)20-32-38-31(47(57)54-48(32)58)18-34(40(44(38)42)39(33)43(37)41)60-26-11-3-22(50)4-12-26/h1-20H,(H,53,55,56)(H,54,57,58). The Kier molecular flexibility index (Phi) is 9.12. The number of ether oxygens (including phenoxy) is 4. The van der Waals surface area contributed by atoms with Gasteiger partial charge < -0.3 is 18.9 Å². The smallest absolute Gasteiger partial charge is 0.258 e. The van der Waals surface area contributed by atoms with Gasteiger partial charge in [-0.2, -0.15) is 0 Å². The monoisotopic (exact) mass is 1070 g/mol. The number of fused-ring (bicyclic) bond motifs is 2.